The summed E-state index contributed by atoms with van der Waals surface area (Å²) in [7, 11) is 0. The Bertz CT molecular complexity index is 482. The molecule has 0 spiro atoms. The second-order valence-corrected chi connectivity index (χ2v) is 4.45. The average Bonchev–Trinajstić information content (AvgIpc) is 2.38. The quantitative estimate of drug-likeness (QED) is 0.901. The summed E-state index contributed by atoms with van der Waals surface area (Å²) in [4.78, 5) is 16.1. The summed E-state index contributed by atoms with van der Waals surface area (Å²) in [6, 6.07) is 1.76. The third kappa shape index (κ3) is 3.15. The molecule has 7 heteroatoms. The van der Waals surface area contributed by atoms with E-state index in [1.165, 1.54) is 6.07 Å². The number of nitrogens with zero attached hydrogens (tertiary/aromatic N) is 2. The molecule has 0 aromatic carbocycles. The van der Waals surface area contributed by atoms with Gasteiger partial charge in [-0.2, -0.15) is 13.2 Å². The number of pyridine rings is 1. The van der Waals surface area contributed by atoms with Crippen molar-refractivity contribution in [3.63, 3.8) is 0 Å². The minimum atomic E-state index is -4.64. The average molecular weight is 274 g/mol. The van der Waals surface area contributed by atoms with Crippen LogP contribution in [-0.4, -0.2) is 29.1 Å². The molecule has 0 atom stereocenters. The number of piperidine rings is 1. The van der Waals surface area contributed by atoms with Gasteiger partial charge in [0.1, 0.15) is 11.5 Å². The Balaban J connectivity index is 2.41. The van der Waals surface area contributed by atoms with Crippen LogP contribution in [0, 0.1) is 0 Å². The van der Waals surface area contributed by atoms with E-state index >= 15 is 0 Å². The maximum absolute atomic E-state index is 12.7. The summed E-state index contributed by atoms with van der Waals surface area (Å²) >= 11 is 0. The highest BCUT2D eigenvalue weighted by atomic mass is 19.4. The fourth-order valence-electron chi connectivity index (χ4n) is 2.07. The largest absolute Gasteiger partial charge is 0.478 e. The van der Waals surface area contributed by atoms with E-state index in [1.54, 1.807) is 4.90 Å². The third-order valence-corrected chi connectivity index (χ3v) is 3.03. The number of alkyl halides is 3. The van der Waals surface area contributed by atoms with Gasteiger partial charge in [0.05, 0.1) is 5.56 Å². The predicted octanol–water partition coefficient (Wildman–Crippen LogP) is 2.79. The minimum absolute atomic E-state index is 0.0897. The van der Waals surface area contributed by atoms with E-state index in [4.69, 9.17) is 5.11 Å². The summed E-state index contributed by atoms with van der Waals surface area (Å²) in [6.07, 6.45) is -1.86. The SMILES string of the molecule is O=C(O)c1cc(N2CCCCC2)nc(C(F)(F)F)c1. The van der Waals surface area contributed by atoms with Crippen LogP contribution in [0.15, 0.2) is 12.1 Å². The Labute approximate surface area is 107 Å². The van der Waals surface area contributed by atoms with Crippen LogP contribution in [0.25, 0.3) is 0 Å². The lowest BCUT2D eigenvalue weighted by Crippen LogP contribution is -2.31. The van der Waals surface area contributed by atoms with Crippen molar-refractivity contribution in [3.8, 4) is 0 Å². The van der Waals surface area contributed by atoms with E-state index in [2.05, 4.69) is 4.98 Å². The number of carboxylic acids is 1. The van der Waals surface area contributed by atoms with E-state index in [9.17, 15) is 18.0 Å². The maximum Gasteiger partial charge on any atom is 0.433 e. The summed E-state index contributed by atoms with van der Waals surface area (Å²) in [5.74, 6) is -1.29. The van der Waals surface area contributed by atoms with Gasteiger partial charge in [0.2, 0.25) is 0 Å². The number of rotatable bonds is 2. The van der Waals surface area contributed by atoms with Gasteiger partial charge in [-0.05, 0) is 31.4 Å². The first kappa shape index (κ1) is 13.6. The van der Waals surface area contributed by atoms with Crippen molar-refractivity contribution in [3.05, 3.63) is 23.4 Å². The predicted molar refractivity (Wildman–Crippen MR) is 62.3 cm³/mol. The summed E-state index contributed by atoms with van der Waals surface area (Å²) in [5, 5.41) is 8.88. The van der Waals surface area contributed by atoms with Gasteiger partial charge >= 0.3 is 12.1 Å². The topological polar surface area (TPSA) is 53.4 Å². The highest BCUT2D eigenvalue weighted by molar-refractivity contribution is 5.88. The van der Waals surface area contributed by atoms with Crippen molar-refractivity contribution in [2.24, 2.45) is 0 Å². The first-order valence-corrected chi connectivity index (χ1v) is 5.95. The van der Waals surface area contributed by atoms with Gasteiger partial charge in [-0.25, -0.2) is 9.78 Å². The fraction of sp³-hybridized carbons (Fsp3) is 0.500. The molecule has 1 aliphatic rings. The molecule has 0 bridgehead atoms. The molecule has 19 heavy (non-hydrogen) atoms. The van der Waals surface area contributed by atoms with Gasteiger partial charge in [-0.3, -0.25) is 0 Å². The molecule has 2 rings (SSSR count). The third-order valence-electron chi connectivity index (χ3n) is 3.03. The lowest BCUT2D eigenvalue weighted by molar-refractivity contribution is -0.141. The van der Waals surface area contributed by atoms with Crippen molar-refractivity contribution in [1.29, 1.82) is 0 Å². The zero-order chi connectivity index (χ0) is 14.0. The highest BCUT2D eigenvalue weighted by Gasteiger charge is 2.34. The Hall–Kier alpha value is -1.79. The number of carbonyl (C=O) groups is 1. The molecule has 0 unspecified atom stereocenters. The maximum atomic E-state index is 12.7. The molecular formula is C12H13F3N2O2. The van der Waals surface area contributed by atoms with Crippen molar-refractivity contribution in [2.45, 2.75) is 25.4 Å². The number of hydrogen-bond donors (Lipinski definition) is 1. The smallest absolute Gasteiger partial charge is 0.433 e. The number of carboxylic acid groups (broad SMARTS) is 1. The van der Waals surface area contributed by atoms with Crippen LogP contribution in [0.3, 0.4) is 0 Å². The van der Waals surface area contributed by atoms with Crippen LogP contribution in [-0.2, 0) is 6.18 Å². The van der Waals surface area contributed by atoms with Crippen LogP contribution in [0.4, 0.5) is 19.0 Å². The molecule has 1 aromatic rings. The molecule has 1 fully saturated rings. The van der Waals surface area contributed by atoms with Crippen molar-refractivity contribution >= 4 is 11.8 Å². The van der Waals surface area contributed by atoms with Gasteiger partial charge in [-0.15, -0.1) is 0 Å². The second-order valence-electron chi connectivity index (χ2n) is 4.45. The Morgan fingerprint density at radius 3 is 2.37 bits per heavy atom. The zero-order valence-corrected chi connectivity index (χ0v) is 10.1. The first-order chi connectivity index (χ1) is 8.88. The fourth-order valence-corrected chi connectivity index (χ4v) is 2.07. The van der Waals surface area contributed by atoms with Gasteiger partial charge in [-0.1, -0.05) is 0 Å². The van der Waals surface area contributed by atoms with Crippen molar-refractivity contribution < 1.29 is 23.1 Å². The molecule has 1 N–H and O–H groups in total. The molecule has 0 radical (unpaired) electrons. The summed E-state index contributed by atoms with van der Waals surface area (Å²) < 4.78 is 38.1. The van der Waals surface area contributed by atoms with E-state index < -0.39 is 17.8 Å². The number of halogens is 3. The molecule has 104 valence electrons. The van der Waals surface area contributed by atoms with Crippen LogP contribution < -0.4 is 4.90 Å². The van der Waals surface area contributed by atoms with E-state index in [1.807, 2.05) is 0 Å². The number of hydrogen-bond acceptors (Lipinski definition) is 3. The van der Waals surface area contributed by atoms with Gasteiger partial charge in [0.25, 0.3) is 0 Å². The van der Waals surface area contributed by atoms with Gasteiger partial charge in [0, 0.05) is 13.1 Å². The molecule has 4 nitrogen and oxygen atoms in total. The van der Waals surface area contributed by atoms with E-state index in [0.29, 0.717) is 19.2 Å². The Morgan fingerprint density at radius 2 is 1.84 bits per heavy atom. The monoisotopic (exact) mass is 274 g/mol. The molecule has 1 aromatic heterocycles. The van der Waals surface area contributed by atoms with E-state index in [0.717, 1.165) is 19.3 Å². The van der Waals surface area contributed by atoms with Crippen molar-refractivity contribution in [2.75, 3.05) is 18.0 Å². The highest BCUT2D eigenvalue weighted by Crippen LogP contribution is 2.31. The first-order valence-electron chi connectivity index (χ1n) is 5.95. The van der Waals surface area contributed by atoms with Crippen LogP contribution in [0.1, 0.15) is 35.3 Å². The standard InChI is InChI=1S/C12H13F3N2O2/c13-12(14,15)9-6-8(11(18)19)7-10(16-9)17-4-2-1-3-5-17/h6-7H,1-5H2,(H,18,19). The van der Waals surface area contributed by atoms with Crippen LogP contribution in [0.2, 0.25) is 0 Å². The molecule has 1 aliphatic heterocycles. The Morgan fingerprint density at radius 1 is 1.21 bits per heavy atom. The molecule has 2 heterocycles. The van der Waals surface area contributed by atoms with Crippen molar-refractivity contribution in [1.82, 2.24) is 4.98 Å². The summed E-state index contributed by atoms with van der Waals surface area (Å²) in [5.41, 5.74) is -1.55. The minimum Gasteiger partial charge on any atom is -0.478 e. The van der Waals surface area contributed by atoms with E-state index in [-0.39, 0.29) is 11.4 Å². The van der Waals surface area contributed by atoms with Crippen LogP contribution >= 0.6 is 0 Å². The number of aromatic nitrogens is 1. The zero-order valence-electron chi connectivity index (χ0n) is 10.1. The number of anilines is 1. The lowest BCUT2D eigenvalue weighted by atomic mass is 10.1. The molecule has 0 amide bonds. The number of aromatic carboxylic acids is 1. The normalized spacial score (nSPS) is 16.5. The Kier molecular flexibility index (Phi) is 3.64. The second kappa shape index (κ2) is 5.07. The lowest BCUT2D eigenvalue weighted by Gasteiger charge is -2.28. The molecule has 0 saturated carbocycles. The molecule has 0 aliphatic carbocycles. The van der Waals surface area contributed by atoms with Gasteiger partial charge < -0.3 is 10.0 Å². The molecular weight excluding hydrogens is 261 g/mol. The van der Waals surface area contributed by atoms with Crippen LogP contribution in [0.5, 0.6) is 0 Å². The molecule has 1 saturated heterocycles. The summed E-state index contributed by atoms with van der Waals surface area (Å²) in [6.45, 7) is 1.21. The van der Waals surface area contributed by atoms with Gasteiger partial charge in [0.15, 0.2) is 0 Å².